The monoisotopic (exact) mass is 636 g/mol. The molecule has 4 heterocycles. The van der Waals surface area contributed by atoms with Gasteiger partial charge in [0.25, 0.3) is 11.5 Å². The normalized spacial score (nSPS) is 11.5. The average Bonchev–Trinajstić information content (AvgIpc) is 3.50. The number of aromatic nitrogens is 6. The molecule has 0 aliphatic heterocycles. The van der Waals surface area contributed by atoms with E-state index in [4.69, 9.17) is 5.73 Å². The number of aryl methyl sites for hydroxylation is 1. The van der Waals surface area contributed by atoms with Crippen molar-refractivity contribution in [3.8, 4) is 17.5 Å². The van der Waals surface area contributed by atoms with E-state index >= 15 is 0 Å². The van der Waals surface area contributed by atoms with Crippen molar-refractivity contribution < 1.29 is 4.79 Å². The number of carbonyl (C=O) groups excluding carboxylic acids is 1. The quantitative estimate of drug-likeness (QED) is 0.264. The molecule has 4 aromatic heterocycles. The van der Waals surface area contributed by atoms with Gasteiger partial charge in [-0.1, -0.05) is 49.6 Å². The molecule has 6 aromatic rings. The Hall–Kier alpha value is -5.21. The molecule has 0 saturated carbocycles. The second-order valence-corrected chi connectivity index (χ2v) is 10.6. The minimum atomic E-state index is -0.630. The molecule has 43 heavy (non-hydrogen) atoms. The number of nitrogens with one attached hydrogen (secondary N) is 1. The summed E-state index contributed by atoms with van der Waals surface area (Å²) in [5.74, 6) is 5.96. The van der Waals surface area contributed by atoms with Gasteiger partial charge in [-0.25, -0.2) is 9.50 Å². The maximum atomic E-state index is 14.4. The second kappa shape index (κ2) is 11.6. The first-order valence-corrected chi connectivity index (χ1v) is 13.9. The molecule has 3 N–H and O–H groups in total. The molecule has 0 aliphatic carbocycles. The lowest BCUT2D eigenvalue weighted by atomic mass is 10.0. The molecule has 0 unspecified atom stereocenters. The number of pyridine rings is 1. The summed E-state index contributed by atoms with van der Waals surface area (Å²) in [5.41, 5.74) is 9.84. The molecule has 0 saturated heterocycles. The predicted octanol–water partition coefficient (Wildman–Crippen LogP) is 4.95. The zero-order valence-electron chi connectivity index (χ0n) is 23.0. The fourth-order valence-corrected chi connectivity index (χ4v) is 5.81. The summed E-state index contributed by atoms with van der Waals surface area (Å²) in [4.78, 5) is 32.2. The number of nitrogen functional groups attached to an aromatic ring is 1. The Balaban J connectivity index is 0.00000368. The van der Waals surface area contributed by atoms with Crippen LogP contribution < -0.4 is 16.6 Å². The molecule has 1 amide bonds. The Morgan fingerprint density at radius 2 is 1.81 bits per heavy atom. The van der Waals surface area contributed by atoms with Gasteiger partial charge in [0.2, 0.25) is 0 Å². The fraction of sp³-hybridized carbons (Fsp3) is 0.156. The van der Waals surface area contributed by atoms with E-state index in [0.717, 1.165) is 11.3 Å². The number of amides is 1. The molecule has 6 rings (SSSR count). The molecular weight excluding hydrogens is 608 g/mol. The maximum absolute atomic E-state index is 14.4. The van der Waals surface area contributed by atoms with Gasteiger partial charge in [-0.05, 0) is 54.0 Å². The molecule has 0 bridgehead atoms. The number of carbonyl (C=O) groups is 1. The van der Waals surface area contributed by atoms with Gasteiger partial charge >= 0.3 is 0 Å². The van der Waals surface area contributed by atoms with E-state index in [1.807, 2.05) is 69.4 Å². The Bertz CT molecular complexity index is 2130. The highest BCUT2D eigenvalue weighted by Gasteiger charge is 2.26. The van der Waals surface area contributed by atoms with Crippen molar-refractivity contribution in [2.45, 2.75) is 27.3 Å². The lowest BCUT2D eigenvalue weighted by Crippen LogP contribution is -2.33. The highest BCUT2D eigenvalue weighted by molar-refractivity contribution is 9.10. The van der Waals surface area contributed by atoms with Crippen molar-refractivity contribution in [3.05, 3.63) is 116 Å². The van der Waals surface area contributed by atoms with Gasteiger partial charge in [0.1, 0.15) is 5.56 Å². The van der Waals surface area contributed by atoms with E-state index in [-0.39, 0.29) is 24.4 Å². The largest absolute Gasteiger partial charge is 0.381 e. The SMILES string of the molecule is C.Cc1c(C#Cc2cccc3c(Br)c([C@H](C)NC(=O)c4c(N)nn5cccnc45)n(-c4ccccc4)c(=O)c23)cnn1C. The van der Waals surface area contributed by atoms with E-state index < -0.39 is 11.9 Å². The van der Waals surface area contributed by atoms with Crippen LogP contribution >= 0.6 is 15.9 Å². The number of nitrogens with zero attached hydrogens (tertiary/aromatic N) is 6. The summed E-state index contributed by atoms with van der Waals surface area (Å²) >= 11 is 3.78. The van der Waals surface area contributed by atoms with Crippen LogP contribution in [0.25, 0.3) is 22.1 Å². The Morgan fingerprint density at radius 1 is 1.07 bits per heavy atom. The molecule has 216 valence electrons. The molecule has 0 spiro atoms. The summed E-state index contributed by atoms with van der Waals surface area (Å²) in [6.07, 6.45) is 4.95. The average molecular weight is 638 g/mol. The van der Waals surface area contributed by atoms with E-state index in [9.17, 15) is 9.59 Å². The first-order chi connectivity index (χ1) is 20.3. The summed E-state index contributed by atoms with van der Waals surface area (Å²) < 4.78 is 5.47. The number of benzene rings is 2. The van der Waals surface area contributed by atoms with Crippen LogP contribution in [0.3, 0.4) is 0 Å². The van der Waals surface area contributed by atoms with Crippen LogP contribution in [0.2, 0.25) is 0 Å². The smallest absolute Gasteiger partial charge is 0.264 e. The molecular formula is C32H29BrN8O2. The lowest BCUT2D eigenvalue weighted by molar-refractivity contribution is 0.0941. The second-order valence-electron chi connectivity index (χ2n) is 9.76. The Labute approximate surface area is 256 Å². The lowest BCUT2D eigenvalue weighted by Gasteiger charge is -2.23. The van der Waals surface area contributed by atoms with Crippen LogP contribution in [0.15, 0.2) is 82.5 Å². The molecule has 1 atom stereocenters. The van der Waals surface area contributed by atoms with Crippen molar-refractivity contribution in [2.75, 3.05) is 5.73 Å². The molecule has 11 heteroatoms. The topological polar surface area (TPSA) is 125 Å². The van der Waals surface area contributed by atoms with E-state index in [1.54, 1.807) is 33.9 Å². The number of fused-ring (bicyclic) bond motifs is 2. The van der Waals surface area contributed by atoms with Gasteiger partial charge in [0, 0.05) is 40.6 Å². The van der Waals surface area contributed by atoms with Crippen LogP contribution in [-0.4, -0.2) is 34.9 Å². The van der Waals surface area contributed by atoms with Crippen molar-refractivity contribution in [3.63, 3.8) is 0 Å². The minimum absolute atomic E-state index is 0. The third kappa shape index (κ3) is 5.06. The van der Waals surface area contributed by atoms with Crippen molar-refractivity contribution in [1.82, 2.24) is 34.3 Å². The van der Waals surface area contributed by atoms with Crippen molar-refractivity contribution >= 4 is 44.1 Å². The molecule has 10 nitrogen and oxygen atoms in total. The number of para-hydroxylation sites is 1. The third-order valence-corrected chi connectivity index (χ3v) is 8.01. The first-order valence-electron chi connectivity index (χ1n) is 13.1. The van der Waals surface area contributed by atoms with Crippen molar-refractivity contribution in [1.29, 1.82) is 0 Å². The van der Waals surface area contributed by atoms with Crippen LogP contribution in [0.4, 0.5) is 5.82 Å². The van der Waals surface area contributed by atoms with E-state index in [2.05, 4.69) is 48.3 Å². The number of hydrogen-bond acceptors (Lipinski definition) is 6. The molecule has 0 aliphatic rings. The van der Waals surface area contributed by atoms with Gasteiger partial charge in [0.15, 0.2) is 11.5 Å². The van der Waals surface area contributed by atoms with Gasteiger partial charge in [0.05, 0.1) is 34.6 Å². The van der Waals surface area contributed by atoms with E-state index in [1.165, 1.54) is 4.52 Å². The molecule has 0 radical (unpaired) electrons. The van der Waals surface area contributed by atoms with Gasteiger partial charge in [-0.15, -0.1) is 5.10 Å². The van der Waals surface area contributed by atoms with Crippen LogP contribution in [-0.2, 0) is 7.05 Å². The number of anilines is 1. The van der Waals surface area contributed by atoms with Gasteiger partial charge < -0.3 is 11.1 Å². The minimum Gasteiger partial charge on any atom is -0.381 e. The third-order valence-electron chi connectivity index (χ3n) is 7.17. The Kier molecular flexibility index (Phi) is 7.89. The van der Waals surface area contributed by atoms with Crippen LogP contribution in [0, 0.1) is 18.8 Å². The van der Waals surface area contributed by atoms with Crippen LogP contribution in [0.5, 0.6) is 0 Å². The van der Waals surface area contributed by atoms with Crippen molar-refractivity contribution in [2.24, 2.45) is 7.05 Å². The predicted molar refractivity (Wildman–Crippen MR) is 171 cm³/mol. The summed E-state index contributed by atoms with van der Waals surface area (Å²) in [7, 11) is 1.86. The zero-order chi connectivity index (χ0) is 29.5. The number of hydrogen-bond donors (Lipinski definition) is 2. The number of halogens is 1. The number of rotatable bonds is 4. The highest BCUT2D eigenvalue weighted by atomic mass is 79.9. The maximum Gasteiger partial charge on any atom is 0.264 e. The zero-order valence-corrected chi connectivity index (χ0v) is 24.5. The standard InChI is InChI=1S/C31H25BrN8O2.CH4/c1-18(36-30(41)25-28(33)37-39-16-8-15-34-29(25)39)27-26(32)23-12-7-9-20(13-14-21-17-35-38(3)19(21)2)24(23)31(42)40(27)22-10-5-4-6-11-22;/h4-12,15-18H,1-3H3,(H2,33,37)(H,36,41);1H4/t18-;/m0./s1. The summed E-state index contributed by atoms with van der Waals surface area (Å²) in [6, 6.07) is 15.9. The molecule has 0 fully saturated rings. The summed E-state index contributed by atoms with van der Waals surface area (Å²) in [6.45, 7) is 3.75. The first kappa shape index (κ1) is 29.3. The van der Waals surface area contributed by atoms with Gasteiger partial charge in [-0.2, -0.15) is 5.10 Å². The molecule has 2 aromatic carbocycles. The number of nitrogens with two attached hydrogens (primary N) is 1. The fourth-order valence-electron chi connectivity index (χ4n) is 4.96. The highest BCUT2D eigenvalue weighted by Crippen LogP contribution is 2.33. The van der Waals surface area contributed by atoms with Crippen LogP contribution in [0.1, 0.15) is 53.3 Å². The van der Waals surface area contributed by atoms with Gasteiger partial charge in [-0.3, -0.25) is 18.8 Å². The summed E-state index contributed by atoms with van der Waals surface area (Å²) in [5, 5.41) is 12.6. The van der Waals surface area contributed by atoms with E-state index in [0.29, 0.717) is 37.8 Å². The Morgan fingerprint density at radius 3 is 2.53 bits per heavy atom.